The Morgan fingerprint density at radius 1 is 1.62 bits per heavy atom. The number of rotatable bonds is 3. The molecule has 16 heavy (non-hydrogen) atoms. The van der Waals surface area contributed by atoms with Crippen molar-refractivity contribution < 1.29 is 4.79 Å². The summed E-state index contributed by atoms with van der Waals surface area (Å²) in [4.78, 5) is 11.7. The number of amides is 1. The van der Waals surface area contributed by atoms with E-state index in [0.717, 1.165) is 4.47 Å². The molecule has 0 saturated carbocycles. The first kappa shape index (κ1) is 15.7. The lowest BCUT2D eigenvalue weighted by molar-refractivity contribution is 0.0941. The second kappa shape index (κ2) is 7.12. The summed E-state index contributed by atoms with van der Waals surface area (Å²) in [6.45, 7) is 2.24. The number of carbonyl (C=O) groups excluding carboxylic acids is 1. The Kier molecular flexibility index (Phi) is 6.99. The summed E-state index contributed by atoms with van der Waals surface area (Å²) in [7, 11) is 0. The predicted molar refractivity (Wildman–Crippen MR) is 72.4 cm³/mol. The number of carbonyl (C=O) groups is 1. The summed E-state index contributed by atoms with van der Waals surface area (Å²) < 4.78 is 0.817. The topological polar surface area (TPSA) is 55.1 Å². The molecule has 6 heteroatoms. The van der Waals surface area contributed by atoms with Crippen molar-refractivity contribution in [3.8, 4) is 0 Å². The molecule has 3 nitrogen and oxygen atoms in total. The van der Waals surface area contributed by atoms with Crippen molar-refractivity contribution in [1.29, 1.82) is 0 Å². The van der Waals surface area contributed by atoms with E-state index in [9.17, 15) is 4.79 Å². The largest absolute Gasteiger partial charge is 0.348 e. The molecule has 1 rings (SSSR count). The molecule has 0 heterocycles. The van der Waals surface area contributed by atoms with Crippen molar-refractivity contribution in [1.82, 2.24) is 5.32 Å². The van der Waals surface area contributed by atoms with Crippen LogP contribution in [0.5, 0.6) is 0 Å². The van der Waals surface area contributed by atoms with Gasteiger partial charge in [0.05, 0.1) is 10.6 Å². The second-order valence-corrected chi connectivity index (χ2v) is 4.56. The van der Waals surface area contributed by atoms with Crippen LogP contribution in [-0.2, 0) is 0 Å². The Balaban J connectivity index is 0.00000225. The smallest absolute Gasteiger partial charge is 0.253 e. The van der Waals surface area contributed by atoms with Crippen LogP contribution in [0.25, 0.3) is 0 Å². The van der Waals surface area contributed by atoms with Gasteiger partial charge < -0.3 is 11.1 Å². The molecule has 1 atom stereocenters. The zero-order valence-corrected chi connectivity index (χ0v) is 11.8. The van der Waals surface area contributed by atoms with E-state index in [1.165, 1.54) is 0 Å². The van der Waals surface area contributed by atoms with Crippen LogP contribution in [0, 0.1) is 0 Å². The van der Waals surface area contributed by atoms with E-state index in [4.69, 9.17) is 17.3 Å². The van der Waals surface area contributed by atoms with Crippen molar-refractivity contribution in [2.45, 2.75) is 13.0 Å². The molecule has 0 unspecified atom stereocenters. The molecule has 1 aromatic carbocycles. The number of nitrogens with two attached hydrogens (primary N) is 1. The fourth-order valence-corrected chi connectivity index (χ4v) is 1.60. The molecule has 0 spiro atoms. The maximum Gasteiger partial charge on any atom is 0.253 e. The summed E-state index contributed by atoms with van der Waals surface area (Å²) in [5.41, 5.74) is 5.86. The van der Waals surface area contributed by atoms with Crippen LogP contribution >= 0.6 is 39.9 Å². The summed E-state index contributed by atoms with van der Waals surface area (Å²) in [6, 6.07) is 5.08. The Hall–Kier alpha value is -0.290. The molecule has 0 radical (unpaired) electrons. The van der Waals surface area contributed by atoms with Crippen LogP contribution in [0.15, 0.2) is 22.7 Å². The summed E-state index contributed by atoms with van der Waals surface area (Å²) in [5, 5.41) is 3.18. The molecule has 0 saturated heterocycles. The Morgan fingerprint density at radius 2 is 2.25 bits per heavy atom. The fourth-order valence-electron chi connectivity index (χ4n) is 1.03. The van der Waals surface area contributed by atoms with Gasteiger partial charge in [-0.05, 0) is 25.1 Å². The Bertz CT molecular complexity index is 374. The van der Waals surface area contributed by atoms with Crippen molar-refractivity contribution >= 4 is 45.8 Å². The van der Waals surface area contributed by atoms with Gasteiger partial charge in [0.1, 0.15) is 0 Å². The van der Waals surface area contributed by atoms with Crippen LogP contribution < -0.4 is 11.1 Å². The second-order valence-electron chi connectivity index (χ2n) is 3.23. The monoisotopic (exact) mass is 326 g/mol. The standard InChI is InChI=1S/C10H12BrClN2O.ClH/c1-6(5-13)14-10(15)8-4-7(11)2-3-9(8)12;/h2-4,6H,5,13H2,1H3,(H,14,15);1H/t6-;/m0./s1. The van der Waals surface area contributed by atoms with Gasteiger partial charge in [-0.2, -0.15) is 0 Å². The Labute approximate surface area is 114 Å². The lowest BCUT2D eigenvalue weighted by Crippen LogP contribution is -2.37. The van der Waals surface area contributed by atoms with E-state index in [-0.39, 0.29) is 24.4 Å². The minimum Gasteiger partial charge on any atom is -0.348 e. The van der Waals surface area contributed by atoms with Crippen LogP contribution in [0.2, 0.25) is 5.02 Å². The molecule has 0 aliphatic rings. The number of hydrogen-bond acceptors (Lipinski definition) is 2. The van der Waals surface area contributed by atoms with E-state index >= 15 is 0 Å². The average Bonchev–Trinajstić information content (AvgIpc) is 2.21. The van der Waals surface area contributed by atoms with Gasteiger partial charge in [-0.3, -0.25) is 4.79 Å². The van der Waals surface area contributed by atoms with Gasteiger partial charge >= 0.3 is 0 Å². The first-order valence-electron chi connectivity index (χ1n) is 4.50. The van der Waals surface area contributed by atoms with Crippen molar-refractivity contribution in [2.75, 3.05) is 6.54 Å². The molecular formula is C10H13BrCl2N2O. The van der Waals surface area contributed by atoms with Crippen molar-refractivity contribution in [2.24, 2.45) is 5.73 Å². The van der Waals surface area contributed by atoms with E-state index in [1.807, 2.05) is 6.92 Å². The van der Waals surface area contributed by atoms with Crippen LogP contribution in [0.3, 0.4) is 0 Å². The first-order chi connectivity index (χ1) is 7.04. The Morgan fingerprint density at radius 3 is 2.81 bits per heavy atom. The number of benzene rings is 1. The minimum atomic E-state index is -0.209. The lowest BCUT2D eigenvalue weighted by Gasteiger charge is -2.12. The third-order valence-electron chi connectivity index (χ3n) is 1.90. The van der Waals surface area contributed by atoms with Gasteiger partial charge in [-0.1, -0.05) is 27.5 Å². The van der Waals surface area contributed by atoms with E-state index in [2.05, 4.69) is 21.2 Å². The molecule has 90 valence electrons. The average molecular weight is 328 g/mol. The molecule has 0 aliphatic carbocycles. The third-order valence-corrected chi connectivity index (χ3v) is 2.73. The third kappa shape index (κ3) is 4.29. The molecule has 0 aromatic heterocycles. The molecule has 0 fully saturated rings. The van der Waals surface area contributed by atoms with E-state index in [1.54, 1.807) is 18.2 Å². The molecule has 3 N–H and O–H groups in total. The maximum absolute atomic E-state index is 11.7. The lowest BCUT2D eigenvalue weighted by atomic mass is 10.2. The SMILES string of the molecule is C[C@@H](CN)NC(=O)c1cc(Br)ccc1Cl.Cl. The quantitative estimate of drug-likeness (QED) is 0.896. The molecule has 1 amide bonds. The number of nitrogens with one attached hydrogen (secondary N) is 1. The van der Waals surface area contributed by atoms with Crippen LogP contribution in [0.1, 0.15) is 17.3 Å². The zero-order valence-electron chi connectivity index (χ0n) is 8.67. The minimum absolute atomic E-state index is 0. The van der Waals surface area contributed by atoms with E-state index < -0.39 is 0 Å². The summed E-state index contributed by atoms with van der Waals surface area (Å²) >= 11 is 9.19. The highest BCUT2D eigenvalue weighted by Gasteiger charge is 2.12. The predicted octanol–water partition coefficient (Wildman–Crippen LogP) is 2.60. The van der Waals surface area contributed by atoms with Gasteiger partial charge in [0.2, 0.25) is 0 Å². The fraction of sp³-hybridized carbons (Fsp3) is 0.300. The van der Waals surface area contributed by atoms with Gasteiger partial charge in [0.25, 0.3) is 5.91 Å². The van der Waals surface area contributed by atoms with Gasteiger partial charge in [0, 0.05) is 17.1 Å². The zero-order chi connectivity index (χ0) is 11.4. The summed E-state index contributed by atoms with van der Waals surface area (Å²) in [6.07, 6.45) is 0. The summed E-state index contributed by atoms with van der Waals surface area (Å²) in [5.74, 6) is -0.209. The van der Waals surface area contributed by atoms with Crippen LogP contribution in [-0.4, -0.2) is 18.5 Å². The van der Waals surface area contributed by atoms with E-state index in [0.29, 0.717) is 17.1 Å². The first-order valence-corrected chi connectivity index (χ1v) is 5.67. The van der Waals surface area contributed by atoms with Gasteiger partial charge in [0.15, 0.2) is 0 Å². The van der Waals surface area contributed by atoms with Crippen molar-refractivity contribution in [3.05, 3.63) is 33.3 Å². The highest BCUT2D eigenvalue weighted by molar-refractivity contribution is 9.10. The van der Waals surface area contributed by atoms with Gasteiger partial charge in [-0.25, -0.2) is 0 Å². The maximum atomic E-state index is 11.7. The highest BCUT2D eigenvalue weighted by atomic mass is 79.9. The number of hydrogen-bond donors (Lipinski definition) is 2. The van der Waals surface area contributed by atoms with Crippen molar-refractivity contribution in [3.63, 3.8) is 0 Å². The molecule has 1 aromatic rings. The van der Waals surface area contributed by atoms with Crippen LogP contribution in [0.4, 0.5) is 0 Å². The molecule has 0 bridgehead atoms. The molecular weight excluding hydrogens is 315 g/mol. The highest BCUT2D eigenvalue weighted by Crippen LogP contribution is 2.20. The number of halogens is 3. The van der Waals surface area contributed by atoms with Gasteiger partial charge in [-0.15, -0.1) is 12.4 Å². The normalized spacial score (nSPS) is 11.5. The molecule has 0 aliphatic heterocycles.